The summed E-state index contributed by atoms with van der Waals surface area (Å²) in [7, 11) is -3.41. The van der Waals surface area contributed by atoms with E-state index in [-0.39, 0.29) is 6.54 Å². The Balaban J connectivity index is 1.93. The molecule has 0 atom stereocenters. The molecule has 1 aliphatic rings. The van der Waals surface area contributed by atoms with Gasteiger partial charge in [-0.15, -0.1) is 0 Å². The number of nitrogens with zero attached hydrogens (tertiary/aromatic N) is 2. The van der Waals surface area contributed by atoms with Gasteiger partial charge >= 0.3 is 0 Å². The molecule has 2 rings (SSSR count). The van der Waals surface area contributed by atoms with Crippen LogP contribution in [-0.2, 0) is 16.8 Å². The summed E-state index contributed by atoms with van der Waals surface area (Å²) in [5, 5.41) is 3.87. The molecule has 1 aromatic rings. The molecule has 102 valence electrons. The first kappa shape index (κ1) is 13.5. The van der Waals surface area contributed by atoms with Crippen molar-refractivity contribution in [2.45, 2.75) is 39.2 Å². The smallest absolute Gasteiger partial charge is 0.279 e. The van der Waals surface area contributed by atoms with Gasteiger partial charge in [0.2, 0.25) is 0 Å². The van der Waals surface area contributed by atoms with Gasteiger partial charge in [0.15, 0.2) is 0 Å². The van der Waals surface area contributed by atoms with Gasteiger partial charge in [0.25, 0.3) is 10.2 Å². The van der Waals surface area contributed by atoms with Crippen molar-refractivity contribution in [1.82, 2.24) is 14.2 Å². The van der Waals surface area contributed by atoms with Crippen LogP contribution in [0, 0.1) is 0 Å². The highest BCUT2D eigenvalue weighted by Gasteiger charge is 2.28. The summed E-state index contributed by atoms with van der Waals surface area (Å²) in [4.78, 5) is 0. The molecule has 18 heavy (non-hydrogen) atoms. The van der Waals surface area contributed by atoms with Gasteiger partial charge < -0.3 is 4.52 Å². The molecular weight excluding hydrogens is 254 g/mol. The maximum absolute atomic E-state index is 11.9. The maximum Gasteiger partial charge on any atom is 0.279 e. The highest BCUT2D eigenvalue weighted by molar-refractivity contribution is 7.87. The van der Waals surface area contributed by atoms with E-state index in [0.29, 0.717) is 24.7 Å². The van der Waals surface area contributed by atoms with Gasteiger partial charge in [-0.2, -0.15) is 17.4 Å². The van der Waals surface area contributed by atoms with Crippen molar-refractivity contribution in [2.24, 2.45) is 0 Å². The average Bonchev–Trinajstić information content (AvgIpc) is 3.07. The Kier molecular flexibility index (Phi) is 4.04. The Morgan fingerprint density at radius 1 is 1.44 bits per heavy atom. The molecule has 1 aliphatic carbocycles. The van der Waals surface area contributed by atoms with Gasteiger partial charge in [0.1, 0.15) is 5.76 Å². The first-order valence-electron chi connectivity index (χ1n) is 6.27. The first-order chi connectivity index (χ1) is 8.56. The minimum Gasteiger partial charge on any atom is -0.361 e. The molecule has 6 nitrogen and oxygen atoms in total. The van der Waals surface area contributed by atoms with Crippen LogP contribution in [0.2, 0.25) is 0 Å². The number of aromatic nitrogens is 1. The number of hydrogen-bond donors (Lipinski definition) is 1. The predicted molar refractivity (Wildman–Crippen MR) is 67.2 cm³/mol. The van der Waals surface area contributed by atoms with Crippen LogP contribution < -0.4 is 4.72 Å². The van der Waals surface area contributed by atoms with Gasteiger partial charge in [0, 0.05) is 25.1 Å². The molecule has 0 saturated heterocycles. The topological polar surface area (TPSA) is 75.4 Å². The average molecular weight is 273 g/mol. The van der Waals surface area contributed by atoms with E-state index in [0.717, 1.165) is 18.6 Å². The number of nitrogens with one attached hydrogen (secondary N) is 1. The van der Waals surface area contributed by atoms with Gasteiger partial charge in [-0.3, -0.25) is 0 Å². The van der Waals surface area contributed by atoms with Gasteiger partial charge in [-0.1, -0.05) is 19.0 Å². The quantitative estimate of drug-likeness (QED) is 0.810. The van der Waals surface area contributed by atoms with E-state index >= 15 is 0 Å². The van der Waals surface area contributed by atoms with Crippen molar-refractivity contribution in [1.29, 1.82) is 0 Å². The molecule has 0 aromatic carbocycles. The van der Waals surface area contributed by atoms with Crippen LogP contribution in [0.5, 0.6) is 0 Å². The summed E-state index contributed by atoms with van der Waals surface area (Å²) in [6, 6.07) is 1.84. The summed E-state index contributed by atoms with van der Waals surface area (Å²) >= 11 is 0. The van der Waals surface area contributed by atoms with E-state index in [4.69, 9.17) is 4.52 Å². The van der Waals surface area contributed by atoms with E-state index in [1.54, 1.807) is 0 Å². The van der Waals surface area contributed by atoms with Crippen LogP contribution in [0.1, 0.15) is 44.1 Å². The summed E-state index contributed by atoms with van der Waals surface area (Å²) in [6.45, 7) is 4.71. The van der Waals surface area contributed by atoms with Crippen LogP contribution in [-0.4, -0.2) is 31.0 Å². The van der Waals surface area contributed by atoms with Crippen molar-refractivity contribution >= 4 is 10.2 Å². The van der Waals surface area contributed by atoms with Crippen molar-refractivity contribution in [3.63, 3.8) is 0 Å². The van der Waals surface area contributed by atoms with Gasteiger partial charge in [-0.25, -0.2) is 0 Å². The van der Waals surface area contributed by atoms with Crippen LogP contribution in [0.3, 0.4) is 0 Å². The SMILES string of the molecule is CCN(CC)S(=O)(=O)NCc1cc(C2CC2)on1. The zero-order chi connectivity index (χ0) is 13.2. The Labute approximate surface area is 108 Å². The lowest BCUT2D eigenvalue weighted by atomic mass is 10.3. The third-order valence-electron chi connectivity index (χ3n) is 3.04. The second-order valence-electron chi connectivity index (χ2n) is 4.41. The fourth-order valence-corrected chi connectivity index (χ4v) is 2.98. The molecular formula is C11H19N3O3S. The lowest BCUT2D eigenvalue weighted by Crippen LogP contribution is -2.40. The molecule has 7 heteroatoms. The zero-order valence-electron chi connectivity index (χ0n) is 10.7. The Bertz CT molecular complexity index is 489. The summed E-state index contributed by atoms with van der Waals surface area (Å²) < 4.78 is 32.8. The summed E-state index contributed by atoms with van der Waals surface area (Å²) in [6.07, 6.45) is 2.28. The fraction of sp³-hybridized carbons (Fsp3) is 0.727. The van der Waals surface area contributed by atoms with E-state index in [9.17, 15) is 8.42 Å². The standard InChI is InChI=1S/C11H19N3O3S/c1-3-14(4-2)18(15,16)12-8-10-7-11(17-13-10)9-5-6-9/h7,9,12H,3-6,8H2,1-2H3. The normalized spacial score (nSPS) is 16.4. The molecule has 0 aliphatic heterocycles. The molecule has 0 spiro atoms. The van der Waals surface area contributed by atoms with E-state index in [2.05, 4.69) is 9.88 Å². The minimum absolute atomic E-state index is 0.176. The largest absolute Gasteiger partial charge is 0.361 e. The number of rotatable bonds is 7. The van der Waals surface area contributed by atoms with E-state index in [1.807, 2.05) is 19.9 Å². The Morgan fingerprint density at radius 3 is 2.67 bits per heavy atom. The third kappa shape index (κ3) is 3.09. The highest BCUT2D eigenvalue weighted by Crippen LogP contribution is 2.40. The second-order valence-corrected chi connectivity index (χ2v) is 6.16. The van der Waals surface area contributed by atoms with Crippen molar-refractivity contribution < 1.29 is 12.9 Å². The lowest BCUT2D eigenvalue weighted by Gasteiger charge is -2.18. The monoisotopic (exact) mass is 273 g/mol. The molecule has 0 bridgehead atoms. The third-order valence-corrected chi connectivity index (χ3v) is 4.74. The van der Waals surface area contributed by atoms with Gasteiger partial charge in [-0.05, 0) is 12.8 Å². The predicted octanol–water partition coefficient (Wildman–Crippen LogP) is 1.23. The summed E-state index contributed by atoms with van der Waals surface area (Å²) in [5.74, 6) is 1.36. The van der Waals surface area contributed by atoms with Crippen LogP contribution in [0.15, 0.2) is 10.6 Å². The lowest BCUT2D eigenvalue weighted by molar-refractivity contribution is 0.377. The van der Waals surface area contributed by atoms with E-state index in [1.165, 1.54) is 4.31 Å². The van der Waals surface area contributed by atoms with Crippen molar-refractivity contribution in [3.05, 3.63) is 17.5 Å². The maximum atomic E-state index is 11.9. The first-order valence-corrected chi connectivity index (χ1v) is 7.71. The Morgan fingerprint density at radius 2 is 2.11 bits per heavy atom. The molecule has 1 heterocycles. The van der Waals surface area contributed by atoms with Gasteiger partial charge in [0.05, 0.1) is 12.2 Å². The van der Waals surface area contributed by atoms with Crippen molar-refractivity contribution in [3.8, 4) is 0 Å². The molecule has 1 N–H and O–H groups in total. The second kappa shape index (κ2) is 5.38. The summed E-state index contributed by atoms with van der Waals surface area (Å²) in [5.41, 5.74) is 0.632. The van der Waals surface area contributed by atoms with Crippen LogP contribution in [0.25, 0.3) is 0 Å². The number of hydrogen-bond acceptors (Lipinski definition) is 4. The van der Waals surface area contributed by atoms with Crippen LogP contribution in [0.4, 0.5) is 0 Å². The molecule has 1 saturated carbocycles. The zero-order valence-corrected chi connectivity index (χ0v) is 11.5. The fourth-order valence-electron chi connectivity index (χ4n) is 1.79. The molecule has 1 aromatic heterocycles. The molecule has 1 fully saturated rings. The highest BCUT2D eigenvalue weighted by atomic mass is 32.2. The van der Waals surface area contributed by atoms with E-state index < -0.39 is 10.2 Å². The minimum atomic E-state index is -3.41. The van der Waals surface area contributed by atoms with Crippen molar-refractivity contribution in [2.75, 3.05) is 13.1 Å². The Hall–Kier alpha value is -0.920. The van der Waals surface area contributed by atoms with Crippen LogP contribution >= 0.6 is 0 Å². The molecule has 0 radical (unpaired) electrons. The molecule has 0 unspecified atom stereocenters. The molecule has 0 amide bonds.